The number of carboxylic acids is 1. The number of aliphatic carboxylic acids is 1. The number of alkyl halides is 3. The summed E-state index contributed by atoms with van der Waals surface area (Å²) in [4.78, 5) is 27.5. The smallest absolute Gasteiger partial charge is 0.426 e. The Kier molecular flexibility index (Phi) is 6.96. The molecule has 2 aromatic carbocycles. The number of fused-ring (bicyclic) bond motifs is 1. The topological polar surface area (TPSA) is 70.1 Å². The number of rotatable bonds is 7. The van der Waals surface area contributed by atoms with Crippen molar-refractivity contribution >= 4 is 28.9 Å². The van der Waals surface area contributed by atoms with Gasteiger partial charge in [0, 0.05) is 22.7 Å². The summed E-state index contributed by atoms with van der Waals surface area (Å²) in [5, 5.41) is 9.36. The zero-order valence-corrected chi connectivity index (χ0v) is 20.6. The van der Waals surface area contributed by atoms with E-state index in [4.69, 9.17) is 4.74 Å². The fourth-order valence-corrected chi connectivity index (χ4v) is 5.95. The Morgan fingerprint density at radius 3 is 2.59 bits per heavy atom. The first kappa shape index (κ1) is 25.3. The summed E-state index contributed by atoms with van der Waals surface area (Å²) in [6.45, 7) is 1.12. The van der Waals surface area contributed by atoms with Gasteiger partial charge in [-0.3, -0.25) is 14.5 Å². The van der Waals surface area contributed by atoms with Gasteiger partial charge in [-0.2, -0.15) is 13.2 Å². The fourth-order valence-electron chi connectivity index (χ4n) is 4.99. The fraction of sp³-hybridized carbons (Fsp3) is 0.333. The Hall–Kier alpha value is -3.37. The van der Waals surface area contributed by atoms with Crippen molar-refractivity contribution in [2.45, 2.75) is 38.1 Å². The second-order valence-corrected chi connectivity index (χ2v) is 10.3. The first-order chi connectivity index (χ1) is 17.7. The number of ether oxygens (including phenoxy) is 1. The molecule has 1 amide bonds. The van der Waals surface area contributed by atoms with Gasteiger partial charge in [0.25, 0.3) is 0 Å². The van der Waals surface area contributed by atoms with Gasteiger partial charge in [-0.15, -0.1) is 11.3 Å². The van der Waals surface area contributed by atoms with Crippen LogP contribution in [0.15, 0.2) is 54.6 Å². The standard InChI is InChI=1S/C27H25F3N2O4S/c28-27(29,30)25-21(17-5-2-1-3-6-17)14-20(37-25)16-36-19-8-9-22-18(13-19)10-12-32(22)24(33)15-31-11-4-7-23(31)26(34)35/h1-3,5-6,8-9,13-14,23H,4,7,10-12,15-16H2,(H,34,35). The lowest BCUT2D eigenvalue weighted by atomic mass is 10.1. The number of carbonyl (C=O) groups is 2. The molecule has 194 valence electrons. The van der Waals surface area contributed by atoms with E-state index in [0.717, 1.165) is 17.7 Å². The third-order valence-electron chi connectivity index (χ3n) is 6.74. The zero-order chi connectivity index (χ0) is 26.2. The van der Waals surface area contributed by atoms with Crippen LogP contribution in [0, 0.1) is 0 Å². The van der Waals surface area contributed by atoms with Gasteiger partial charge in [-0.1, -0.05) is 30.3 Å². The zero-order valence-electron chi connectivity index (χ0n) is 19.8. The lowest BCUT2D eigenvalue weighted by Gasteiger charge is -2.24. The second kappa shape index (κ2) is 10.2. The molecule has 0 bridgehead atoms. The molecule has 1 aromatic heterocycles. The van der Waals surface area contributed by atoms with Crippen LogP contribution in [0.4, 0.5) is 18.9 Å². The number of likely N-dealkylation sites (tertiary alicyclic amines) is 1. The lowest BCUT2D eigenvalue weighted by Crippen LogP contribution is -2.44. The van der Waals surface area contributed by atoms with E-state index in [-0.39, 0.29) is 24.6 Å². The van der Waals surface area contributed by atoms with E-state index in [9.17, 15) is 27.9 Å². The third kappa shape index (κ3) is 5.35. The van der Waals surface area contributed by atoms with Gasteiger partial charge in [0.15, 0.2) is 0 Å². The highest BCUT2D eigenvalue weighted by molar-refractivity contribution is 7.12. The lowest BCUT2D eigenvalue weighted by molar-refractivity contribution is -0.142. The molecule has 1 unspecified atom stereocenters. The molecule has 1 N–H and O–H groups in total. The van der Waals surface area contributed by atoms with Crippen molar-refractivity contribution in [2.24, 2.45) is 0 Å². The number of carboxylic acid groups (broad SMARTS) is 1. The number of thiophene rings is 1. The number of nitrogens with zero attached hydrogens (tertiary/aromatic N) is 2. The Bertz CT molecular complexity index is 1310. The predicted molar refractivity (Wildman–Crippen MR) is 134 cm³/mol. The Morgan fingerprint density at radius 1 is 1.08 bits per heavy atom. The van der Waals surface area contributed by atoms with Gasteiger partial charge < -0.3 is 14.7 Å². The van der Waals surface area contributed by atoms with E-state index >= 15 is 0 Å². The van der Waals surface area contributed by atoms with Crippen LogP contribution in [-0.4, -0.2) is 47.6 Å². The van der Waals surface area contributed by atoms with Gasteiger partial charge in [0.1, 0.15) is 23.3 Å². The van der Waals surface area contributed by atoms with Gasteiger partial charge in [-0.25, -0.2) is 0 Å². The Labute approximate surface area is 215 Å². The van der Waals surface area contributed by atoms with Crippen molar-refractivity contribution in [3.63, 3.8) is 0 Å². The van der Waals surface area contributed by atoms with Crippen LogP contribution < -0.4 is 9.64 Å². The molecule has 6 nitrogen and oxygen atoms in total. The quantitative estimate of drug-likeness (QED) is 0.440. The van der Waals surface area contributed by atoms with Crippen LogP contribution >= 0.6 is 11.3 Å². The molecule has 1 atom stereocenters. The Morgan fingerprint density at radius 2 is 1.86 bits per heavy atom. The van der Waals surface area contributed by atoms with Crippen LogP contribution in [-0.2, 0) is 28.8 Å². The highest BCUT2D eigenvalue weighted by Crippen LogP contribution is 2.43. The first-order valence-electron chi connectivity index (χ1n) is 12.0. The number of amides is 1. The van der Waals surface area contributed by atoms with Gasteiger partial charge in [0.05, 0.1) is 6.54 Å². The monoisotopic (exact) mass is 530 g/mol. The van der Waals surface area contributed by atoms with Crippen LogP contribution in [0.2, 0.25) is 0 Å². The number of anilines is 1. The highest BCUT2D eigenvalue weighted by Gasteiger charge is 2.37. The molecular formula is C27H25F3N2O4S. The summed E-state index contributed by atoms with van der Waals surface area (Å²) in [5.41, 5.74) is 2.31. The van der Waals surface area contributed by atoms with E-state index in [2.05, 4.69) is 0 Å². The maximum absolute atomic E-state index is 13.7. The number of hydrogen-bond acceptors (Lipinski definition) is 5. The summed E-state index contributed by atoms with van der Waals surface area (Å²) >= 11 is 0.678. The molecular weight excluding hydrogens is 505 g/mol. The van der Waals surface area contributed by atoms with Crippen molar-refractivity contribution in [1.29, 1.82) is 0 Å². The van der Waals surface area contributed by atoms with Crippen molar-refractivity contribution in [1.82, 2.24) is 4.90 Å². The predicted octanol–water partition coefficient (Wildman–Crippen LogP) is 5.45. The molecule has 3 heterocycles. The van der Waals surface area contributed by atoms with Crippen LogP contribution in [0.3, 0.4) is 0 Å². The highest BCUT2D eigenvalue weighted by atomic mass is 32.1. The molecule has 1 fully saturated rings. The number of hydrogen-bond donors (Lipinski definition) is 1. The molecule has 37 heavy (non-hydrogen) atoms. The van der Waals surface area contributed by atoms with Crippen molar-refractivity contribution < 1.29 is 32.6 Å². The number of halogens is 3. The molecule has 0 radical (unpaired) electrons. The maximum atomic E-state index is 13.7. The Balaban J connectivity index is 1.27. The van der Waals surface area contributed by atoms with Crippen LogP contribution in [0.25, 0.3) is 11.1 Å². The minimum atomic E-state index is -4.46. The van der Waals surface area contributed by atoms with E-state index in [1.165, 1.54) is 6.07 Å². The molecule has 0 saturated carbocycles. The minimum absolute atomic E-state index is 0.00640. The van der Waals surface area contributed by atoms with E-state index < -0.39 is 23.1 Å². The number of benzene rings is 2. The normalized spacial score (nSPS) is 17.7. The maximum Gasteiger partial charge on any atom is 0.426 e. The molecule has 1 saturated heterocycles. The summed E-state index contributed by atoms with van der Waals surface area (Å²) in [6, 6.07) is 14.7. The van der Waals surface area contributed by atoms with Crippen molar-refractivity contribution in [3.8, 4) is 16.9 Å². The third-order valence-corrected chi connectivity index (χ3v) is 7.89. The molecule has 10 heteroatoms. The minimum Gasteiger partial charge on any atom is -0.488 e. The summed E-state index contributed by atoms with van der Waals surface area (Å²) < 4.78 is 46.8. The number of carbonyl (C=O) groups excluding carboxylic acids is 1. The molecule has 2 aliphatic heterocycles. The molecule has 0 aliphatic carbocycles. The van der Waals surface area contributed by atoms with E-state index in [1.54, 1.807) is 52.3 Å². The average molecular weight is 531 g/mol. The molecule has 2 aliphatic rings. The van der Waals surface area contributed by atoms with Gasteiger partial charge in [0.2, 0.25) is 5.91 Å². The van der Waals surface area contributed by atoms with E-state index in [0.29, 0.717) is 53.5 Å². The van der Waals surface area contributed by atoms with Crippen molar-refractivity contribution in [2.75, 3.05) is 24.5 Å². The molecule has 3 aromatic rings. The van der Waals surface area contributed by atoms with Crippen LogP contribution in [0.1, 0.15) is 28.2 Å². The summed E-state index contributed by atoms with van der Waals surface area (Å²) in [7, 11) is 0. The SMILES string of the molecule is O=C(O)C1CCCN1CC(=O)N1CCc2cc(OCc3cc(-c4ccccc4)c(C(F)(F)F)s3)ccc21. The van der Waals surface area contributed by atoms with E-state index in [1.807, 2.05) is 6.07 Å². The average Bonchev–Trinajstić information content (AvgIpc) is 3.60. The van der Waals surface area contributed by atoms with Crippen molar-refractivity contribution in [3.05, 3.63) is 69.9 Å². The van der Waals surface area contributed by atoms with Gasteiger partial charge >= 0.3 is 12.1 Å². The second-order valence-electron chi connectivity index (χ2n) is 9.16. The molecule has 0 spiro atoms. The van der Waals surface area contributed by atoms with Gasteiger partial charge in [-0.05, 0) is 61.2 Å². The largest absolute Gasteiger partial charge is 0.488 e. The molecule has 5 rings (SSSR count). The van der Waals surface area contributed by atoms with Crippen LogP contribution in [0.5, 0.6) is 5.75 Å². The summed E-state index contributed by atoms with van der Waals surface area (Å²) in [6.07, 6.45) is -2.54. The summed E-state index contributed by atoms with van der Waals surface area (Å²) in [5.74, 6) is -0.535. The first-order valence-corrected chi connectivity index (χ1v) is 12.8.